The van der Waals surface area contributed by atoms with Gasteiger partial charge in [0.1, 0.15) is 0 Å². The van der Waals surface area contributed by atoms with Gasteiger partial charge in [-0.15, -0.1) is 0 Å². The Bertz CT molecular complexity index is 470. The van der Waals surface area contributed by atoms with Crippen LogP contribution in [0.4, 0.5) is 8.78 Å². The molecule has 1 aromatic rings. The fourth-order valence-corrected chi connectivity index (χ4v) is 1.29. The van der Waals surface area contributed by atoms with E-state index in [0.29, 0.717) is 0 Å². The Kier molecular flexibility index (Phi) is 4.19. The van der Waals surface area contributed by atoms with Gasteiger partial charge in [-0.25, -0.2) is 8.78 Å². The fourth-order valence-electron chi connectivity index (χ4n) is 1.29. The lowest BCUT2D eigenvalue weighted by Gasteiger charge is -2.08. The van der Waals surface area contributed by atoms with Crippen molar-refractivity contribution in [3.8, 4) is 5.88 Å². The monoisotopic (exact) mass is 247 g/mol. The molecule has 0 saturated carbocycles. The average Bonchev–Trinajstić information content (AvgIpc) is 2.30. The van der Waals surface area contributed by atoms with Crippen molar-refractivity contribution < 1.29 is 23.0 Å². The number of halogens is 2. The summed E-state index contributed by atoms with van der Waals surface area (Å²) < 4.78 is 34.1. The van der Waals surface area contributed by atoms with Gasteiger partial charge in [-0.1, -0.05) is 0 Å². The fraction of sp³-hybridized carbons (Fsp3) is 0.400. The van der Waals surface area contributed by atoms with Gasteiger partial charge in [-0.05, 0) is 0 Å². The van der Waals surface area contributed by atoms with E-state index in [1.807, 2.05) is 0 Å². The van der Waals surface area contributed by atoms with E-state index in [2.05, 4.69) is 9.72 Å². The van der Waals surface area contributed by atoms with Crippen LogP contribution in [0.15, 0.2) is 11.0 Å². The minimum Gasteiger partial charge on any atom is -0.482 e. The van der Waals surface area contributed by atoms with Crippen molar-refractivity contribution in [2.75, 3.05) is 14.2 Å². The highest BCUT2D eigenvalue weighted by Gasteiger charge is 2.20. The molecule has 0 amide bonds. The second kappa shape index (κ2) is 5.42. The Labute approximate surface area is 95.4 Å². The summed E-state index contributed by atoms with van der Waals surface area (Å²) in [7, 11) is 2.40. The van der Waals surface area contributed by atoms with E-state index < -0.39 is 29.8 Å². The summed E-state index contributed by atoms with van der Waals surface area (Å²) in [5, 5.41) is 0. The third-order valence-corrected chi connectivity index (χ3v) is 2.16. The summed E-state index contributed by atoms with van der Waals surface area (Å²) in [6, 6.07) is 0. The van der Waals surface area contributed by atoms with Gasteiger partial charge in [0, 0.05) is 6.20 Å². The van der Waals surface area contributed by atoms with Gasteiger partial charge in [0.05, 0.1) is 31.8 Å². The molecule has 0 aliphatic heterocycles. The standard InChI is InChI=1S/C10H11F2NO4/c1-16-7(14)3-5-8(15)6(9(11)12)4-13-10(5)17-2/h4,9H,3H2,1-2H3,(H,13,15). The highest BCUT2D eigenvalue weighted by molar-refractivity contribution is 5.73. The van der Waals surface area contributed by atoms with Crippen molar-refractivity contribution in [2.24, 2.45) is 0 Å². The first kappa shape index (κ1) is 13.1. The number of rotatable bonds is 4. The zero-order valence-electron chi connectivity index (χ0n) is 9.25. The molecule has 0 unspecified atom stereocenters. The van der Waals surface area contributed by atoms with Crippen molar-refractivity contribution in [3.05, 3.63) is 27.5 Å². The highest BCUT2D eigenvalue weighted by Crippen LogP contribution is 2.19. The number of carbonyl (C=O) groups excluding carboxylic acids is 1. The minimum atomic E-state index is -2.92. The molecule has 1 rings (SSSR count). The van der Waals surface area contributed by atoms with Gasteiger partial charge in [-0.3, -0.25) is 9.59 Å². The van der Waals surface area contributed by atoms with E-state index >= 15 is 0 Å². The largest absolute Gasteiger partial charge is 0.482 e. The maximum Gasteiger partial charge on any atom is 0.310 e. The molecule has 7 heteroatoms. The lowest BCUT2D eigenvalue weighted by molar-refractivity contribution is -0.139. The number of hydrogen-bond donors (Lipinski definition) is 1. The van der Waals surface area contributed by atoms with Crippen LogP contribution in [0, 0.1) is 0 Å². The molecule has 0 aliphatic rings. The lowest BCUT2D eigenvalue weighted by atomic mass is 10.1. The van der Waals surface area contributed by atoms with Crippen LogP contribution < -0.4 is 10.2 Å². The summed E-state index contributed by atoms with van der Waals surface area (Å²) in [6.07, 6.45) is -2.47. The Morgan fingerprint density at radius 2 is 2.12 bits per heavy atom. The number of hydrogen-bond acceptors (Lipinski definition) is 4. The molecule has 0 atom stereocenters. The minimum absolute atomic E-state index is 0.0233. The third-order valence-electron chi connectivity index (χ3n) is 2.16. The Balaban J connectivity index is 3.28. The summed E-state index contributed by atoms with van der Waals surface area (Å²) in [5.74, 6) is -0.731. The summed E-state index contributed by atoms with van der Waals surface area (Å²) in [4.78, 5) is 25.1. The Morgan fingerprint density at radius 3 is 2.59 bits per heavy atom. The van der Waals surface area contributed by atoms with Gasteiger partial charge < -0.3 is 14.5 Å². The van der Waals surface area contributed by atoms with Crippen LogP contribution in [0.3, 0.4) is 0 Å². The van der Waals surface area contributed by atoms with Crippen molar-refractivity contribution in [2.45, 2.75) is 12.8 Å². The summed E-state index contributed by atoms with van der Waals surface area (Å²) >= 11 is 0. The molecule has 0 spiro atoms. The van der Waals surface area contributed by atoms with Crippen LogP contribution in [-0.2, 0) is 16.0 Å². The number of aromatic amines is 1. The van der Waals surface area contributed by atoms with Crippen molar-refractivity contribution in [1.29, 1.82) is 0 Å². The number of carbonyl (C=O) groups is 1. The zero-order chi connectivity index (χ0) is 13.0. The van der Waals surface area contributed by atoms with Gasteiger partial charge >= 0.3 is 5.97 Å². The summed E-state index contributed by atoms with van der Waals surface area (Å²) in [5.41, 5.74) is -1.79. The number of pyridine rings is 1. The van der Waals surface area contributed by atoms with Crippen molar-refractivity contribution in [1.82, 2.24) is 4.98 Å². The maximum absolute atomic E-state index is 12.5. The van der Waals surface area contributed by atoms with Crippen LogP contribution in [-0.4, -0.2) is 25.2 Å². The van der Waals surface area contributed by atoms with E-state index in [1.165, 1.54) is 7.11 Å². The first-order valence-corrected chi connectivity index (χ1v) is 4.64. The quantitative estimate of drug-likeness (QED) is 0.807. The molecule has 0 bridgehead atoms. The third kappa shape index (κ3) is 2.80. The molecular formula is C10H11F2NO4. The van der Waals surface area contributed by atoms with Gasteiger partial charge in [0.15, 0.2) is 11.3 Å². The lowest BCUT2D eigenvalue weighted by Crippen LogP contribution is -2.20. The number of esters is 1. The first-order valence-electron chi connectivity index (χ1n) is 4.64. The molecule has 1 heterocycles. The smallest absolute Gasteiger partial charge is 0.310 e. The van der Waals surface area contributed by atoms with Crippen molar-refractivity contribution in [3.63, 3.8) is 0 Å². The molecular weight excluding hydrogens is 236 g/mol. The van der Waals surface area contributed by atoms with E-state index in [-0.39, 0.29) is 11.4 Å². The molecule has 1 N–H and O–H groups in total. The molecule has 0 radical (unpaired) electrons. The molecule has 94 valence electrons. The number of ether oxygens (including phenoxy) is 2. The van der Waals surface area contributed by atoms with Crippen LogP contribution in [0.2, 0.25) is 0 Å². The highest BCUT2D eigenvalue weighted by atomic mass is 19.3. The van der Waals surface area contributed by atoms with Crippen LogP contribution in [0.5, 0.6) is 5.88 Å². The van der Waals surface area contributed by atoms with E-state index in [0.717, 1.165) is 13.3 Å². The number of aromatic nitrogens is 1. The summed E-state index contributed by atoms with van der Waals surface area (Å²) in [6.45, 7) is 0. The topological polar surface area (TPSA) is 68.4 Å². The van der Waals surface area contributed by atoms with E-state index in [9.17, 15) is 18.4 Å². The van der Waals surface area contributed by atoms with E-state index in [1.54, 1.807) is 0 Å². The zero-order valence-corrected chi connectivity index (χ0v) is 9.25. The van der Waals surface area contributed by atoms with E-state index in [4.69, 9.17) is 4.74 Å². The number of H-pyrrole nitrogens is 1. The maximum atomic E-state index is 12.5. The van der Waals surface area contributed by atoms with Gasteiger partial charge in [0.2, 0.25) is 0 Å². The number of alkyl halides is 2. The number of methoxy groups -OCH3 is 2. The SMILES string of the molecule is COC(=O)Cc1c(OC)[nH]cc(C(F)F)c1=O. The molecule has 1 aromatic heterocycles. The second-order valence-electron chi connectivity index (χ2n) is 3.14. The first-order chi connectivity index (χ1) is 8.01. The normalized spacial score (nSPS) is 10.4. The number of nitrogens with one attached hydrogen (secondary N) is 1. The van der Waals surface area contributed by atoms with Gasteiger partial charge in [-0.2, -0.15) is 0 Å². The average molecular weight is 247 g/mol. The predicted molar refractivity (Wildman–Crippen MR) is 54.3 cm³/mol. The van der Waals surface area contributed by atoms with Crippen molar-refractivity contribution >= 4 is 5.97 Å². The van der Waals surface area contributed by atoms with Crippen LogP contribution in [0.25, 0.3) is 0 Å². The predicted octanol–water partition coefficient (Wildman–Crippen LogP) is 1.04. The molecule has 0 saturated heterocycles. The molecule has 17 heavy (non-hydrogen) atoms. The Hall–Kier alpha value is -1.92. The van der Waals surface area contributed by atoms with Crippen LogP contribution >= 0.6 is 0 Å². The Morgan fingerprint density at radius 1 is 1.47 bits per heavy atom. The molecule has 5 nitrogen and oxygen atoms in total. The van der Waals surface area contributed by atoms with Gasteiger partial charge in [0.25, 0.3) is 6.43 Å². The van der Waals surface area contributed by atoms with Crippen LogP contribution in [0.1, 0.15) is 17.6 Å². The molecule has 0 aliphatic carbocycles. The molecule has 0 fully saturated rings. The second-order valence-corrected chi connectivity index (χ2v) is 3.14. The molecule has 0 aromatic carbocycles.